The zero-order chi connectivity index (χ0) is 28.2. The molecule has 23 heteroatoms. The number of rotatable bonds is 8. The molecule has 0 spiro atoms. The van der Waals surface area contributed by atoms with Crippen LogP contribution in [0.4, 0.5) is 0 Å². The van der Waals surface area contributed by atoms with Crippen LogP contribution < -0.4 is 0 Å². The Morgan fingerprint density at radius 1 is 0.333 bits per heavy atom. The Bertz CT molecular complexity index is 431. The third-order valence-corrected chi connectivity index (χ3v) is 2.68. The predicted octanol–water partition coefficient (Wildman–Crippen LogP) is -6.90. The zero-order valence-electron chi connectivity index (χ0n) is 16.8. The molecule has 0 fully saturated rings. The fraction of sp³-hybridized carbons (Fsp3) is 1.00. The molecule has 0 heterocycles. The Kier molecular flexibility index (Phi) is 27.8. The highest BCUT2D eigenvalue weighted by atomic mass is 31.2. The molecule has 0 rings (SSSR count). The molecule has 0 aliphatic rings. The first-order valence-electron chi connectivity index (χ1n) is 7.71. The highest BCUT2D eigenvalue weighted by Crippen LogP contribution is 2.26. The monoisotopic (exact) mass is 566 g/mol. The van der Waals surface area contributed by atoms with Crippen molar-refractivity contribution in [3.05, 3.63) is 0 Å². The minimum absolute atomic E-state index is 0.406. The number of aliphatic hydroxyl groups is 8. The van der Waals surface area contributed by atoms with Gasteiger partial charge in [0.1, 0.15) is 0 Å². The first-order chi connectivity index (χ1) is 14.5. The van der Waals surface area contributed by atoms with Crippen molar-refractivity contribution in [3.8, 4) is 0 Å². The molecular weight excluding hydrogens is 533 g/mol. The van der Waals surface area contributed by atoms with E-state index in [1.165, 1.54) is 0 Å². The number of aliphatic hydroxyl groups excluding tert-OH is 8. The molecule has 0 aromatic rings. The fourth-order valence-electron chi connectivity index (χ4n) is 0.600. The first kappa shape index (κ1) is 43.1. The normalized spacial score (nSPS) is 11.9. The van der Waals surface area contributed by atoms with Crippen LogP contribution in [0.15, 0.2) is 0 Å². The van der Waals surface area contributed by atoms with E-state index in [2.05, 4.69) is 0 Å². The van der Waals surface area contributed by atoms with Crippen molar-refractivity contribution in [1.29, 1.82) is 0 Å². The molecule has 208 valence electrons. The highest BCUT2D eigenvalue weighted by molar-refractivity contribution is 7.45. The van der Waals surface area contributed by atoms with Gasteiger partial charge in [0, 0.05) is 0 Å². The molecule has 0 aromatic carbocycles. The van der Waals surface area contributed by atoms with Gasteiger partial charge in [-0.15, -0.1) is 0 Å². The summed E-state index contributed by atoms with van der Waals surface area (Å²) in [6.07, 6.45) is 0. The minimum atomic E-state index is -4.64. The van der Waals surface area contributed by atoms with Crippen LogP contribution >= 0.6 is 23.5 Å². The molecular formula is C10H33O20P3. The van der Waals surface area contributed by atoms with Crippen molar-refractivity contribution >= 4 is 23.5 Å². The lowest BCUT2D eigenvalue weighted by molar-refractivity contribution is -0.0332. The first-order valence-corrected chi connectivity index (χ1v) is 12.4. The quantitative estimate of drug-likeness (QED) is 0.121. The summed E-state index contributed by atoms with van der Waals surface area (Å²) >= 11 is 0. The van der Waals surface area contributed by atoms with E-state index in [0.29, 0.717) is 0 Å². The van der Waals surface area contributed by atoms with Crippen LogP contribution in [-0.4, -0.2) is 138 Å². The lowest BCUT2D eigenvalue weighted by atomic mass is 9.93. The smallest absolute Gasteiger partial charge is 0.396 e. The predicted molar refractivity (Wildman–Crippen MR) is 104 cm³/mol. The van der Waals surface area contributed by atoms with Gasteiger partial charge in [-0.2, -0.15) is 0 Å². The second-order valence-corrected chi connectivity index (χ2v) is 8.88. The zero-order valence-corrected chi connectivity index (χ0v) is 19.5. The summed E-state index contributed by atoms with van der Waals surface area (Å²) in [5.74, 6) is 0. The van der Waals surface area contributed by atoms with Crippen LogP contribution in [0.25, 0.3) is 0 Å². The third-order valence-electron chi connectivity index (χ3n) is 2.68. The van der Waals surface area contributed by atoms with E-state index >= 15 is 0 Å². The fourth-order valence-corrected chi connectivity index (χ4v) is 0.600. The van der Waals surface area contributed by atoms with Crippen molar-refractivity contribution < 1.29 is 98.6 Å². The Balaban J connectivity index is -0.000000102. The highest BCUT2D eigenvalue weighted by Gasteiger charge is 2.27. The van der Waals surface area contributed by atoms with Crippen LogP contribution in [0.5, 0.6) is 0 Å². The summed E-state index contributed by atoms with van der Waals surface area (Å²) < 4.78 is 26.6. The summed E-state index contributed by atoms with van der Waals surface area (Å²) in [6, 6.07) is 0. The van der Waals surface area contributed by atoms with Gasteiger partial charge in [0.25, 0.3) is 0 Å². The summed E-state index contributed by atoms with van der Waals surface area (Å²) in [7, 11) is -13.9. The van der Waals surface area contributed by atoms with Gasteiger partial charge < -0.3 is 84.9 Å². The Morgan fingerprint density at radius 3 is 0.394 bits per heavy atom. The summed E-state index contributed by atoms with van der Waals surface area (Å²) in [5.41, 5.74) is -2.22. The maximum absolute atomic E-state index is 8.88. The van der Waals surface area contributed by atoms with E-state index in [1.807, 2.05) is 0 Å². The van der Waals surface area contributed by atoms with E-state index in [1.54, 1.807) is 0 Å². The van der Waals surface area contributed by atoms with Crippen molar-refractivity contribution in [2.45, 2.75) is 0 Å². The van der Waals surface area contributed by atoms with Crippen LogP contribution in [0.2, 0.25) is 0 Å². The molecule has 33 heavy (non-hydrogen) atoms. The topological polar surface area (TPSA) is 395 Å². The molecule has 17 N–H and O–H groups in total. The third kappa shape index (κ3) is 50.0. The van der Waals surface area contributed by atoms with Gasteiger partial charge in [0.15, 0.2) is 0 Å². The van der Waals surface area contributed by atoms with E-state index in [9.17, 15) is 0 Å². The van der Waals surface area contributed by atoms with Crippen molar-refractivity contribution in [2.24, 2.45) is 10.8 Å². The molecule has 0 radical (unpaired) electrons. The van der Waals surface area contributed by atoms with E-state index in [0.717, 1.165) is 0 Å². The largest absolute Gasteiger partial charge is 0.466 e. The standard InChI is InChI=1S/2C5H12O4.3H3O4P/c2*6-1-5(2-7,3-8)4-9;3*1-5(2,3)4/h2*6-9H,1-4H2;3*(H3,1,2,3,4). The molecule has 0 aliphatic carbocycles. The molecule has 0 saturated heterocycles. The lowest BCUT2D eigenvalue weighted by Crippen LogP contribution is -2.37. The van der Waals surface area contributed by atoms with E-state index in [4.69, 9.17) is 98.6 Å². The molecule has 0 bridgehead atoms. The molecule has 0 saturated carbocycles. The van der Waals surface area contributed by atoms with Crippen LogP contribution in [0.1, 0.15) is 0 Å². The average molecular weight is 566 g/mol. The van der Waals surface area contributed by atoms with E-state index in [-0.39, 0.29) is 0 Å². The number of hydrogen-bond donors (Lipinski definition) is 17. The van der Waals surface area contributed by atoms with Crippen LogP contribution in [-0.2, 0) is 13.7 Å². The minimum Gasteiger partial charge on any atom is -0.396 e. The maximum Gasteiger partial charge on any atom is 0.466 e. The second kappa shape index (κ2) is 21.3. The van der Waals surface area contributed by atoms with Gasteiger partial charge in [-0.1, -0.05) is 0 Å². The lowest BCUT2D eigenvalue weighted by Gasteiger charge is -2.23. The average Bonchev–Trinajstić information content (AvgIpc) is 2.63. The van der Waals surface area contributed by atoms with Gasteiger partial charge in [0.2, 0.25) is 0 Å². The Labute approximate surface area is 186 Å². The van der Waals surface area contributed by atoms with Gasteiger partial charge in [0.05, 0.1) is 63.7 Å². The summed E-state index contributed by atoms with van der Waals surface area (Å²) in [5, 5.41) is 68.0. The molecule has 20 nitrogen and oxygen atoms in total. The molecule has 0 unspecified atom stereocenters. The molecule has 0 atom stereocenters. The van der Waals surface area contributed by atoms with Gasteiger partial charge >= 0.3 is 23.5 Å². The number of hydrogen-bond acceptors (Lipinski definition) is 11. The summed E-state index contributed by atoms with van der Waals surface area (Å²) in [4.78, 5) is 64.7. The van der Waals surface area contributed by atoms with Crippen molar-refractivity contribution in [3.63, 3.8) is 0 Å². The molecule has 0 aromatic heterocycles. The Morgan fingerprint density at radius 2 is 0.394 bits per heavy atom. The van der Waals surface area contributed by atoms with Crippen molar-refractivity contribution in [1.82, 2.24) is 0 Å². The van der Waals surface area contributed by atoms with Gasteiger partial charge in [-0.25, -0.2) is 13.7 Å². The van der Waals surface area contributed by atoms with Crippen molar-refractivity contribution in [2.75, 3.05) is 52.9 Å². The van der Waals surface area contributed by atoms with Gasteiger partial charge in [-0.3, -0.25) is 0 Å². The molecule has 0 amide bonds. The SMILES string of the molecule is O=P(O)(O)O.O=P(O)(O)O.O=P(O)(O)O.OCC(CO)(CO)CO.OCC(CO)(CO)CO. The van der Waals surface area contributed by atoms with E-state index < -0.39 is 87.2 Å². The van der Waals surface area contributed by atoms with Crippen LogP contribution in [0, 0.1) is 10.8 Å². The summed E-state index contributed by atoms with van der Waals surface area (Å²) in [6.45, 7) is -3.25. The number of phosphoric acid groups is 3. The maximum atomic E-state index is 8.88. The second-order valence-electron chi connectivity index (χ2n) is 5.80. The Hall–Kier alpha value is 0.0100. The van der Waals surface area contributed by atoms with Crippen LogP contribution in [0.3, 0.4) is 0 Å². The van der Waals surface area contributed by atoms with Gasteiger partial charge in [-0.05, 0) is 0 Å². The molecule has 0 aliphatic heterocycles.